The molecule has 1 N–H and O–H groups in total. The molecule has 0 unspecified atom stereocenters. The molecule has 0 saturated heterocycles. The Morgan fingerprint density at radius 3 is 2.89 bits per heavy atom. The molecule has 27 heavy (non-hydrogen) atoms. The number of carbonyl (C=O) groups excluding carboxylic acids is 1. The van der Waals surface area contributed by atoms with E-state index >= 15 is 0 Å². The normalized spacial score (nSPS) is 13.8. The average molecular weight is 380 g/mol. The first kappa shape index (κ1) is 17.6. The number of benzene rings is 1. The van der Waals surface area contributed by atoms with E-state index in [9.17, 15) is 9.59 Å². The van der Waals surface area contributed by atoms with Crippen molar-refractivity contribution < 1.29 is 4.79 Å². The predicted molar refractivity (Wildman–Crippen MR) is 107 cm³/mol. The van der Waals surface area contributed by atoms with Crippen LogP contribution >= 0.6 is 11.3 Å². The molecule has 2 aromatic heterocycles. The van der Waals surface area contributed by atoms with Gasteiger partial charge in [0.05, 0.1) is 17.9 Å². The van der Waals surface area contributed by atoms with Crippen molar-refractivity contribution in [2.24, 2.45) is 5.10 Å². The van der Waals surface area contributed by atoms with Crippen LogP contribution in [-0.4, -0.2) is 21.7 Å². The number of hydrogen-bond acceptors (Lipinski definition) is 5. The van der Waals surface area contributed by atoms with E-state index in [0.29, 0.717) is 5.39 Å². The van der Waals surface area contributed by atoms with Crippen molar-refractivity contribution in [3.63, 3.8) is 0 Å². The molecule has 3 aromatic rings. The Labute approximate surface area is 160 Å². The lowest BCUT2D eigenvalue weighted by atomic mass is 9.97. The highest BCUT2D eigenvalue weighted by Crippen LogP contribution is 2.33. The van der Waals surface area contributed by atoms with Gasteiger partial charge in [0.2, 0.25) is 0 Å². The summed E-state index contributed by atoms with van der Waals surface area (Å²) in [5, 5.41) is 4.65. The second-order valence-corrected chi connectivity index (χ2v) is 7.86. The first-order valence-corrected chi connectivity index (χ1v) is 9.82. The van der Waals surface area contributed by atoms with Crippen LogP contribution in [0.3, 0.4) is 0 Å². The smallest absolute Gasteiger partial charge is 0.262 e. The zero-order chi connectivity index (χ0) is 18.8. The molecule has 7 heteroatoms. The minimum atomic E-state index is -0.356. The Morgan fingerprint density at radius 1 is 1.30 bits per heavy atom. The number of nitrogens with one attached hydrogen (secondary N) is 1. The lowest BCUT2D eigenvalue weighted by Crippen LogP contribution is -2.30. The number of hydrazone groups is 1. The van der Waals surface area contributed by atoms with E-state index in [0.717, 1.165) is 47.2 Å². The van der Waals surface area contributed by atoms with Crippen molar-refractivity contribution >= 4 is 33.7 Å². The SMILES string of the molecule is Cc1ccc(/C=N/NC(=O)Cn2cnc3sc4c(c3c2=O)CCCC4)cc1. The number of aryl methyl sites for hydroxylation is 3. The van der Waals surface area contributed by atoms with Crippen molar-refractivity contribution in [3.05, 3.63) is 62.5 Å². The Kier molecular flexibility index (Phi) is 4.85. The molecule has 0 saturated carbocycles. The van der Waals surface area contributed by atoms with Crippen LogP contribution in [0.25, 0.3) is 10.2 Å². The quantitative estimate of drug-likeness (QED) is 0.559. The number of thiophene rings is 1. The number of rotatable bonds is 4. The fraction of sp³-hybridized carbons (Fsp3) is 0.300. The van der Waals surface area contributed by atoms with Gasteiger partial charge in [-0.2, -0.15) is 5.10 Å². The summed E-state index contributed by atoms with van der Waals surface area (Å²) in [7, 11) is 0. The third-order valence-corrected chi connectivity index (χ3v) is 5.94. The first-order valence-electron chi connectivity index (χ1n) is 9.00. The second kappa shape index (κ2) is 7.44. The maximum atomic E-state index is 12.8. The van der Waals surface area contributed by atoms with Gasteiger partial charge in [0.25, 0.3) is 11.5 Å². The summed E-state index contributed by atoms with van der Waals surface area (Å²) < 4.78 is 1.36. The fourth-order valence-corrected chi connectivity index (χ4v) is 4.53. The van der Waals surface area contributed by atoms with Crippen molar-refractivity contribution in [3.8, 4) is 0 Å². The van der Waals surface area contributed by atoms with Crippen LogP contribution < -0.4 is 11.0 Å². The molecule has 0 bridgehead atoms. The number of carbonyl (C=O) groups is 1. The van der Waals surface area contributed by atoms with E-state index in [1.807, 2.05) is 31.2 Å². The zero-order valence-electron chi connectivity index (χ0n) is 15.1. The number of amides is 1. The van der Waals surface area contributed by atoms with E-state index in [1.165, 1.54) is 15.8 Å². The van der Waals surface area contributed by atoms with Gasteiger partial charge in [-0.1, -0.05) is 29.8 Å². The highest BCUT2D eigenvalue weighted by molar-refractivity contribution is 7.18. The van der Waals surface area contributed by atoms with Gasteiger partial charge in [-0.3, -0.25) is 14.2 Å². The van der Waals surface area contributed by atoms with Crippen molar-refractivity contribution in [1.29, 1.82) is 0 Å². The van der Waals surface area contributed by atoms with Gasteiger partial charge in [0.1, 0.15) is 11.4 Å². The predicted octanol–water partition coefficient (Wildman–Crippen LogP) is 2.80. The Hall–Kier alpha value is -2.80. The fourth-order valence-electron chi connectivity index (χ4n) is 3.32. The van der Waals surface area contributed by atoms with Gasteiger partial charge >= 0.3 is 0 Å². The summed E-state index contributed by atoms with van der Waals surface area (Å²) in [6.07, 6.45) is 7.23. The molecule has 1 aliphatic carbocycles. The van der Waals surface area contributed by atoms with Gasteiger partial charge in [-0.15, -0.1) is 11.3 Å². The van der Waals surface area contributed by atoms with Crippen LogP contribution in [0, 0.1) is 6.92 Å². The van der Waals surface area contributed by atoms with Crippen LogP contribution in [0.2, 0.25) is 0 Å². The lowest BCUT2D eigenvalue weighted by molar-refractivity contribution is -0.121. The number of hydrogen-bond donors (Lipinski definition) is 1. The minimum absolute atomic E-state index is 0.0996. The summed E-state index contributed by atoms with van der Waals surface area (Å²) in [5.41, 5.74) is 5.52. The molecule has 0 spiro atoms. The molecular formula is C20H20N4O2S. The molecule has 0 fully saturated rings. The third kappa shape index (κ3) is 3.68. The van der Waals surface area contributed by atoms with E-state index in [4.69, 9.17) is 0 Å². The second-order valence-electron chi connectivity index (χ2n) is 6.77. The molecular weight excluding hydrogens is 360 g/mol. The Bertz CT molecular complexity index is 1080. The largest absolute Gasteiger partial charge is 0.289 e. The molecule has 4 rings (SSSR count). The van der Waals surface area contributed by atoms with E-state index in [1.54, 1.807) is 17.6 Å². The Balaban J connectivity index is 1.49. The van der Waals surface area contributed by atoms with Crippen molar-refractivity contribution in [2.45, 2.75) is 39.2 Å². The van der Waals surface area contributed by atoms with Crippen LogP contribution in [0.4, 0.5) is 0 Å². The molecule has 138 valence electrons. The topological polar surface area (TPSA) is 76.3 Å². The van der Waals surface area contributed by atoms with Crippen LogP contribution in [-0.2, 0) is 24.2 Å². The van der Waals surface area contributed by atoms with E-state index in [-0.39, 0.29) is 18.0 Å². The molecule has 1 amide bonds. The molecule has 1 aromatic carbocycles. The highest BCUT2D eigenvalue weighted by Gasteiger charge is 2.20. The summed E-state index contributed by atoms with van der Waals surface area (Å²) in [5.74, 6) is -0.356. The zero-order valence-corrected chi connectivity index (χ0v) is 15.9. The molecule has 0 aliphatic heterocycles. The van der Waals surface area contributed by atoms with Crippen molar-refractivity contribution in [1.82, 2.24) is 15.0 Å². The van der Waals surface area contributed by atoms with Crippen LogP contribution in [0.15, 0.2) is 40.5 Å². The first-order chi connectivity index (χ1) is 13.1. The molecule has 0 atom stereocenters. The maximum Gasteiger partial charge on any atom is 0.262 e. The van der Waals surface area contributed by atoms with Crippen LogP contribution in [0.1, 0.15) is 34.4 Å². The Morgan fingerprint density at radius 2 is 2.07 bits per heavy atom. The van der Waals surface area contributed by atoms with Gasteiger partial charge in [-0.25, -0.2) is 10.4 Å². The molecule has 6 nitrogen and oxygen atoms in total. The van der Waals surface area contributed by atoms with E-state index < -0.39 is 0 Å². The summed E-state index contributed by atoms with van der Waals surface area (Å²) in [6, 6.07) is 7.80. The van der Waals surface area contributed by atoms with Gasteiger partial charge in [0.15, 0.2) is 0 Å². The standard InChI is InChI=1S/C20H20N4O2S/c1-13-6-8-14(9-7-13)10-22-23-17(25)11-24-12-21-19-18(20(24)26)15-4-2-3-5-16(15)27-19/h6-10,12H,2-5,11H2,1H3,(H,23,25)/b22-10+. The number of nitrogens with zero attached hydrogens (tertiary/aromatic N) is 3. The summed E-state index contributed by atoms with van der Waals surface area (Å²) in [6.45, 7) is 1.91. The number of aromatic nitrogens is 2. The summed E-state index contributed by atoms with van der Waals surface area (Å²) in [4.78, 5) is 31.4. The average Bonchev–Trinajstić information content (AvgIpc) is 3.05. The highest BCUT2D eigenvalue weighted by atomic mass is 32.1. The maximum absolute atomic E-state index is 12.8. The monoisotopic (exact) mass is 380 g/mol. The number of fused-ring (bicyclic) bond motifs is 3. The van der Waals surface area contributed by atoms with Crippen molar-refractivity contribution in [2.75, 3.05) is 0 Å². The van der Waals surface area contributed by atoms with Crippen LogP contribution in [0.5, 0.6) is 0 Å². The molecule has 2 heterocycles. The van der Waals surface area contributed by atoms with Gasteiger partial charge in [0, 0.05) is 4.88 Å². The lowest BCUT2D eigenvalue weighted by Gasteiger charge is -2.10. The third-order valence-electron chi connectivity index (χ3n) is 4.74. The summed E-state index contributed by atoms with van der Waals surface area (Å²) >= 11 is 1.61. The van der Waals surface area contributed by atoms with E-state index in [2.05, 4.69) is 15.5 Å². The minimum Gasteiger partial charge on any atom is -0.289 e. The van der Waals surface area contributed by atoms with Gasteiger partial charge in [-0.05, 0) is 43.7 Å². The molecule has 1 aliphatic rings. The molecule has 0 radical (unpaired) electrons. The van der Waals surface area contributed by atoms with Gasteiger partial charge < -0.3 is 0 Å².